The van der Waals surface area contributed by atoms with Crippen LogP contribution in [0.3, 0.4) is 0 Å². The summed E-state index contributed by atoms with van der Waals surface area (Å²) in [5.41, 5.74) is 0. The molecule has 0 aliphatic heterocycles. The van der Waals surface area contributed by atoms with Crippen molar-refractivity contribution in [2.24, 2.45) is 0 Å². The zero-order valence-corrected chi connectivity index (χ0v) is 53.4. The van der Waals surface area contributed by atoms with E-state index >= 15 is 0 Å². The second-order valence-electron chi connectivity index (χ2n) is 25.3. The predicted molar refractivity (Wildman–Crippen MR) is 343 cm³/mol. The zero-order chi connectivity index (χ0) is 56.4. The highest BCUT2D eigenvalue weighted by molar-refractivity contribution is 5.76. The van der Waals surface area contributed by atoms with Crippen molar-refractivity contribution in [2.75, 3.05) is 13.2 Å². The lowest BCUT2D eigenvalue weighted by molar-refractivity contribution is -0.143. The molecule has 6 nitrogen and oxygen atoms in total. The van der Waals surface area contributed by atoms with Crippen LogP contribution in [0.25, 0.3) is 0 Å². The molecule has 0 saturated heterocycles. The standard InChI is InChI=1S/C72H143NO5/c1-3-5-7-9-11-13-15-17-18-19-32-35-38-41-44-48-52-56-60-64-70(75)69(68-74)73-71(76)65-61-57-53-49-45-42-39-36-33-30-28-26-24-22-20-21-23-25-27-29-31-34-37-40-43-47-51-55-59-63-67-78-72(77)66-62-58-54-50-46-16-14-12-10-8-6-4-2/h69-70,74-75H,3-68H2,1-2H3,(H,73,76). The number of nitrogens with one attached hydrogen (secondary N) is 1. The summed E-state index contributed by atoms with van der Waals surface area (Å²) in [5, 5.41) is 23.4. The number of hydrogen-bond acceptors (Lipinski definition) is 5. The Morgan fingerprint density at radius 2 is 0.526 bits per heavy atom. The average Bonchev–Trinajstić information content (AvgIpc) is 3.44. The molecule has 0 fully saturated rings. The summed E-state index contributed by atoms with van der Waals surface area (Å²) in [4.78, 5) is 24.6. The lowest BCUT2D eigenvalue weighted by Gasteiger charge is -2.22. The number of rotatable bonds is 69. The first-order valence-corrected chi connectivity index (χ1v) is 36.3. The fraction of sp³-hybridized carbons (Fsp3) is 0.972. The Morgan fingerprint density at radius 3 is 0.782 bits per heavy atom. The third-order valence-corrected chi connectivity index (χ3v) is 17.4. The van der Waals surface area contributed by atoms with Gasteiger partial charge in [0, 0.05) is 12.8 Å². The number of amides is 1. The van der Waals surface area contributed by atoms with Crippen molar-refractivity contribution < 1.29 is 24.5 Å². The van der Waals surface area contributed by atoms with E-state index in [1.165, 1.54) is 353 Å². The Bertz CT molecular complexity index is 1130. The van der Waals surface area contributed by atoms with Crippen LogP contribution in [0.1, 0.15) is 425 Å². The SMILES string of the molecule is CCCCCCCCCCCCCCCCCCCCCC(O)C(CO)NC(=O)CCCCCCCCCCCCCCCCCCCCCCCCCCCCCCCCOC(=O)CCCCCCCCCCCCCC. The Labute approximate surface area is 489 Å². The number of hydrogen-bond donors (Lipinski definition) is 3. The number of ether oxygens (including phenoxy) is 1. The van der Waals surface area contributed by atoms with Gasteiger partial charge in [-0.1, -0.05) is 386 Å². The molecule has 0 rings (SSSR count). The first-order valence-electron chi connectivity index (χ1n) is 36.3. The highest BCUT2D eigenvalue weighted by atomic mass is 16.5. The van der Waals surface area contributed by atoms with Crippen molar-refractivity contribution in [3.05, 3.63) is 0 Å². The molecule has 78 heavy (non-hydrogen) atoms. The molecule has 0 bridgehead atoms. The van der Waals surface area contributed by atoms with E-state index in [-0.39, 0.29) is 18.5 Å². The highest BCUT2D eigenvalue weighted by Gasteiger charge is 2.20. The quantitative estimate of drug-likeness (QED) is 0.0417. The normalized spacial score (nSPS) is 12.4. The van der Waals surface area contributed by atoms with E-state index in [1.54, 1.807) is 0 Å². The second-order valence-corrected chi connectivity index (χ2v) is 25.3. The minimum atomic E-state index is -0.661. The maximum absolute atomic E-state index is 12.5. The summed E-state index contributed by atoms with van der Waals surface area (Å²) in [6.45, 7) is 5.00. The van der Waals surface area contributed by atoms with Crippen LogP contribution in [0.15, 0.2) is 0 Å². The summed E-state index contributed by atoms with van der Waals surface area (Å²) in [7, 11) is 0. The van der Waals surface area contributed by atoms with Gasteiger partial charge in [-0.05, 0) is 25.7 Å². The maximum atomic E-state index is 12.5. The maximum Gasteiger partial charge on any atom is 0.305 e. The molecule has 0 saturated carbocycles. The molecule has 466 valence electrons. The molecule has 3 N–H and O–H groups in total. The summed E-state index contributed by atoms with van der Waals surface area (Å²) < 4.78 is 5.49. The zero-order valence-electron chi connectivity index (χ0n) is 53.4. The second kappa shape index (κ2) is 68.4. The van der Waals surface area contributed by atoms with Gasteiger partial charge >= 0.3 is 5.97 Å². The lowest BCUT2D eigenvalue weighted by atomic mass is 10.0. The molecular formula is C72H143NO5. The van der Waals surface area contributed by atoms with Crippen LogP contribution in [0.4, 0.5) is 0 Å². The van der Waals surface area contributed by atoms with Crippen LogP contribution < -0.4 is 5.32 Å². The summed E-state index contributed by atoms with van der Waals surface area (Å²) in [5.74, 6) is -0.00387. The van der Waals surface area contributed by atoms with E-state index in [4.69, 9.17) is 4.74 Å². The molecule has 0 aliphatic rings. The summed E-state index contributed by atoms with van der Waals surface area (Å²) in [6, 6.07) is -0.538. The van der Waals surface area contributed by atoms with Crippen molar-refractivity contribution in [2.45, 2.75) is 437 Å². The van der Waals surface area contributed by atoms with E-state index in [2.05, 4.69) is 19.2 Å². The van der Waals surface area contributed by atoms with Crippen LogP contribution in [-0.4, -0.2) is 47.4 Å². The van der Waals surface area contributed by atoms with Crippen molar-refractivity contribution in [1.29, 1.82) is 0 Å². The van der Waals surface area contributed by atoms with Gasteiger partial charge < -0.3 is 20.3 Å². The summed E-state index contributed by atoms with van der Waals surface area (Å²) in [6.07, 6.45) is 83.1. The third kappa shape index (κ3) is 64.0. The van der Waals surface area contributed by atoms with Gasteiger partial charge in [-0.3, -0.25) is 9.59 Å². The highest BCUT2D eigenvalue weighted by Crippen LogP contribution is 2.20. The monoisotopic (exact) mass is 1100 g/mol. The fourth-order valence-corrected chi connectivity index (χ4v) is 11.9. The van der Waals surface area contributed by atoms with Gasteiger partial charge in [0.25, 0.3) is 0 Å². The number of unbranched alkanes of at least 4 members (excludes halogenated alkanes) is 58. The summed E-state index contributed by atoms with van der Waals surface area (Å²) >= 11 is 0. The van der Waals surface area contributed by atoms with Gasteiger partial charge in [-0.15, -0.1) is 0 Å². The van der Waals surface area contributed by atoms with Crippen molar-refractivity contribution in [3.63, 3.8) is 0 Å². The topological polar surface area (TPSA) is 95.9 Å². The van der Waals surface area contributed by atoms with Crippen LogP contribution in [-0.2, 0) is 14.3 Å². The van der Waals surface area contributed by atoms with Gasteiger partial charge in [0.1, 0.15) is 0 Å². The third-order valence-electron chi connectivity index (χ3n) is 17.4. The van der Waals surface area contributed by atoms with E-state index in [1.807, 2.05) is 0 Å². The minimum Gasteiger partial charge on any atom is -0.466 e. The minimum absolute atomic E-state index is 0.0220. The molecule has 6 heteroatoms. The van der Waals surface area contributed by atoms with Gasteiger partial charge in [-0.25, -0.2) is 0 Å². The van der Waals surface area contributed by atoms with Crippen molar-refractivity contribution in [3.8, 4) is 0 Å². The van der Waals surface area contributed by atoms with Crippen LogP contribution in [0, 0.1) is 0 Å². The van der Waals surface area contributed by atoms with Crippen LogP contribution in [0.5, 0.6) is 0 Å². The Morgan fingerprint density at radius 1 is 0.308 bits per heavy atom. The number of esters is 1. The van der Waals surface area contributed by atoms with Gasteiger partial charge in [-0.2, -0.15) is 0 Å². The fourth-order valence-electron chi connectivity index (χ4n) is 11.9. The Balaban J connectivity index is 3.32. The Kier molecular flexibility index (Phi) is 67.4. The first-order chi connectivity index (χ1) is 38.5. The molecule has 0 aliphatic carbocycles. The van der Waals surface area contributed by atoms with Crippen molar-refractivity contribution in [1.82, 2.24) is 5.32 Å². The molecule has 0 aromatic heterocycles. The van der Waals surface area contributed by atoms with Gasteiger partial charge in [0.05, 0.1) is 25.4 Å². The van der Waals surface area contributed by atoms with E-state index in [9.17, 15) is 19.8 Å². The number of carbonyl (C=O) groups excluding carboxylic acids is 2. The van der Waals surface area contributed by atoms with E-state index in [0.717, 1.165) is 38.5 Å². The lowest BCUT2D eigenvalue weighted by Crippen LogP contribution is -2.45. The Hall–Kier alpha value is -1.14. The van der Waals surface area contributed by atoms with Gasteiger partial charge in [0.2, 0.25) is 5.91 Å². The number of aliphatic hydroxyl groups excluding tert-OH is 2. The molecule has 0 aromatic rings. The average molecular weight is 1100 g/mol. The number of aliphatic hydroxyl groups is 2. The van der Waals surface area contributed by atoms with Crippen LogP contribution >= 0.6 is 0 Å². The molecule has 0 heterocycles. The number of carbonyl (C=O) groups is 2. The smallest absolute Gasteiger partial charge is 0.305 e. The predicted octanol–water partition coefficient (Wildman–Crippen LogP) is 23.4. The largest absolute Gasteiger partial charge is 0.466 e. The molecule has 1 amide bonds. The molecular weight excluding hydrogens is 959 g/mol. The molecule has 0 aromatic carbocycles. The van der Waals surface area contributed by atoms with E-state index in [0.29, 0.717) is 25.9 Å². The molecule has 0 spiro atoms. The van der Waals surface area contributed by atoms with Gasteiger partial charge in [0.15, 0.2) is 0 Å². The van der Waals surface area contributed by atoms with Crippen LogP contribution in [0.2, 0.25) is 0 Å². The van der Waals surface area contributed by atoms with E-state index < -0.39 is 12.1 Å². The molecule has 2 unspecified atom stereocenters. The molecule has 2 atom stereocenters. The molecule has 0 radical (unpaired) electrons. The van der Waals surface area contributed by atoms with Crippen molar-refractivity contribution >= 4 is 11.9 Å². The first kappa shape index (κ1) is 76.9.